The first-order valence-corrected chi connectivity index (χ1v) is 6.63. The number of rotatable bonds is 5. The average molecular weight is 254 g/mol. The maximum absolute atomic E-state index is 11.4. The molecule has 1 aromatic rings. The topological polar surface area (TPSA) is 64.4 Å². The molecule has 0 amide bonds. The van der Waals surface area contributed by atoms with Crippen LogP contribution in [0.5, 0.6) is 5.75 Å². The van der Waals surface area contributed by atoms with Gasteiger partial charge in [0.15, 0.2) is 11.5 Å². The van der Waals surface area contributed by atoms with Crippen LogP contribution in [0.4, 0.5) is 10.7 Å². The standard InChI is InChI=1S/C12H18N2O2S/c1-4-7-5-8(7)14-12-10(16-3)9(13)11(17-12)6(2)15/h7-8,14H,4-5,13H2,1-3H3. The van der Waals surface area contributed by atoms with E-state index in [9.17, 15) is 4.79 Å². The van der Waals surface area contributed by atoms with Gasteiger partial charge < -0.3 is 15.8 Å². The Morgan fingerprint density at radius 2 is 2.35 bits per heavy atom. The van der Waals surface area contributed by atoms with Gasteiger partial charge in [0.05, 0.1) is 17.7 Å². The molecule has 0 aliphatic heterocycles. The van der Waals surface area contributed by atoms with Crippen molar-refractivity contribution in [3.63, 3.8) is 0 Å². The third-order valence-corrected chi connectivity index (χ3v) is 4.41. The second-order valence-corrected chi connectivity index (χ2v) is 5.44. The molecule has 1 aromatic heterocycles. The number of thiophene rings is 1. The third-order valence-electron chi connectivity index (χ3n) is 3.19. The van der Waals surface area contributed by atoms with Crippen molar-refractivity contribution in [3.05, 3.63) is 4.88 Å². The number of nitrogens with one attached hydrogen (secondary N) is 1. The first kappa shape index (κ1) is 12.2. The normalized spacial score (nSPS) is 22.3. The van der Waals surface area contributed by atoms with E-state index >= 15 is 0 Å². The zero-order chi connectivity index (χ0) is 12.6. The third kappa shape index (κ3) is 2.24. The Kier molecular flexibility index (Phi) is 3.28. The van der Waals surface area contributed by atoms with Crippen LogP contribution in [0.25, 0.3) is 0 Å². The van der Waals surface area contributed by atoms with Crippen LogP contribution in [0.3, 0.4) is 0 Å². The van der Waals surface area contributed by atoms with Gasteiger partial charge in [-0.05, 0) is 12.3 Å². The van der Waals surface area contributed by atoms with E-state index in [-0.39, 0.29) is 5.78 Å². The average Bonchev–Trinajstić information content (AvgIpc) is 2.95. The number of anilines is 2. The highest BCUT2D eigenvalue weighted by molar-refractivity contribution is 7.19. The van der Waals surface area contributed by atoms with Crippen molar-refractivity contribution < 1.29 is 9.53 Å². The molecule has 5 heteroatoms. The zero-order valence-corrected chi connectivity index (χ0v) is 11.2. The SMILES string of the molecule is CCC1CC1Nc1sc(C(C)=O)c(N)c1OC. The van der Waals surface area contributed by atoms with Crippen molar-refractivity contribution in [1.82, 2.24) is 0 Å². The van der Waals surface area contributed by atoms with Crippen molar-refractivity contribution in [2.75, 3.05) is 18.2 Å². The number of methoxy groups -OCH3 is 1. The summed E-state index contributed by atoms with van der Waals surface area (Å²) in [7, 11) is 1.58. The number of ether oxygens (including phenoxy) is 1. The minimum Gasteiger partial charge on any atom is -0.492 e. The molecule has 1 heterocycles. The molecular weight excluding hydrogens is 236 g/mol. The fraction of sp³-hybridized carbons (Fsp3) is 0.583. The lowest BCUT2D eigenvalue weighted by Crippen LogP contribution is -2.04. The maximum Gasteiger partial charge on any atom is 0.176 e. The van der Waals surface area contributed by atoms with Crippen molar-refractivity contribution in [2.45, 2.75) is 32.7 Å². The van der Waals surface area contributed by atoms with Crippen LogP contribution in [-0.2, 0) is 0 Å². The van der Waals surface area contributed by atoms with E-state index in [1.807, 2.05) is 0 Å². The molecule has 1 fully saturated rings. The highest BCUT2D eigenvalue weighted by Gasteiger charge is 2.36. The zero-order valence-electron chi connectivity index (χ0n) is 10.4. The molecule has 3 N–H and O–H groups in total. The van der Waals surface area contributed by atoms with Crippen molar-refractivity contribution >= 4 is 27.8 Å². The van der Waals surface area contributed by atoms with Gasteiger partial charge in [0.2, 0.25) is 0 Å². The summed E-state index contributed by atoms with van der Waals surface area (Å²) in [5, 5.41) is 4.30. The fourth-order valence-corrected chi connectivity index (χ4v) is 3.08. The highest BCUT2D eigenvalue weighted by Crippen LogP contribution is 2.46. The molecule has 17 heavy (non-hydrogen) atoms. The lowest BCUT2D eigenvalue weighted by molar-refractivity contribution is 0.102. The summed E-state index contributed by atoms with van der Waals surface area (Å²) < 4.78 is 5.28. The van der Waals surface area contributed by atoms with Crippen LogP contribution in [0, 0.1) is 5.92 Å². The molecule has 1 aliphatic carbocycles. The van der Waals surface area contributed by atoms with Gasteiger partial charge in [-0.2, -0.15) is 0 Å². The van der Waals surface area contributed by atoms with Gasteiger partial charge in [-0.3, -0.25) is 4.79 Å². The predicted molar refractivity (Wildman–Crippen MR) is 71.1 cm³/mol. The van der Waals surface area contributed by atoms with Crippen molar-refractivity contribution in [2.24, 2.45) is 5.92 Å². The summed E-state index contributed by atoms with van der Waals surface area (Å²) in [6.07, 6.45) is 2.37. The Morgan fingerprint density at radius 3 is 2.82 bits per heavy atom. The molecule has 0 bridgehead atoms. The second kappa shape index (κ2) is 4.56. The molecule has 1 saturated carbocycles. The van der Waals surface area contributed by atoms with Crippen LogP contribution >= 0.6 is 11.3 Å². The summed E-state index contributed by atoms with van der Waals surface area (Å²) in [6, 6.07) is 0.506. The largest absolute Gasteiger partial charge is 0.492 e. The molecule has 0 aromatic carbocycles. The molecule has 0 spiro atoms. The van der Waals surface area contributed by atoms with E-state index in [1.165, 1.54) is 31.1 Å². The maximum atomic E-state index is 11.4. The van der Waals surface area contributed by atoms with Gasteiger partial charge >= 0.3 is 0 Å². The van der Waals surface area contributed by atoms with Gasteiger partial charge in [-0.25, -0.2) is 0 Å². The molecule has 4 nitrogen and oxygen atoms in total. The van der Waals surface area contributed by atoms with Gasteiger partial charge in [0, 0.05) is 13.0 Å². The van der Waals surface area contributed by atoms with E-state index in [0.29, 0.717) is 22.4 Å². The number of nitrogen functional groups attached to an aromatic ring is 1. The monoisotopic (exact) mass is 254 g/mol. The smallest absolute Gasteiger partial charge is 0.176 e. The van der Waals surface area contributed by atoms with E-state index in [2.05, 4.69) is 12.2 Å². The summed E-state index contributed by atoms with van der Waals surface area (Å²) in [5.41, 5.74) is 6.36. The van der Waals surface area contributed by atoms with Crippen molar-refractivity contribution in [3.8, 4) is 5.75 Å². The molecule has 94 valence electrons. The molecule has 2 rings (SSSR count). The number of carbonyl (C=O) groups is 1. The van der Waals surface area contributed by atoms with E-state index < -0.39 is 0 Å². The number of carbonyl (C=O) groups excluding carboxylic acids is 1. The Bertz CT molecular complexity index is 442. The number of nitrogens with two attached hydrogens (primary N) is 1. The molecular formula is C12H18N2O2S. The van der Waals surface area contributed by atoms with Crippen LogP contribution < -0.4 is 15.8 Å². The summed E-state index contributed by atoms with van der Waals surface area (Å²) >= 11 is 1.39. The predicted octanol–water partition coefficient (Wildman–Crippen LogP) is 2.75. The number of Topliss-reactive ketones (excluding diaryl/α,β-unsaturated/α-hetero) is 1. The van der Waals surface area contributed by atoms with Crippen LogP contribution in [-0.4, -0.2) is 18.9 Å². The van der Waals surface area contributed by atoms with E-state index in [1.54, 1.807) is 7.11 Å². The molecule has 0 saturated heterocycles. The van der Waals surface area contributed by atoms with Crippen LogP contribution in [0.2, 0.25) is 0 Å². The highest BCUT2D eigenvalue weighted by atomic mass is 32.1. The van der Waals surface area contributed by atoms with E-state index in [4.69, 9.17) is 10.5 Å². The molecule has 2 unspecified atom stereocenters. The van der Waals surface area contributed by atoms with E-state index in [0.717, 1.165) is 10.9 Å². The minimum atomic E-state index is -0.0123. The fourth-order valence-electron chi connectivity index (χ4n) is 2.03. The number of ketones is 1. The van der Waals surface area contributed by atoms with Gasteiger partial charge in [-0.15, -0.1) is 11.3 Å². The lowest BCUT2D eigenvalue weighted by Gasteiger charge is -2.05. The number of hydrogen-bond acceptors (Lipinski definition) is 5. The van der Waals surface area contributed by atoms with Gasteiger partial charge in [0.1, 0.15) is 5.00 Å². The Balaban J connectivity index is 2.21. The van der Waals surface area contributed by atoms with Crippen molar-refractivity contribution in [1.29, 1.82) is 0 Å². The Morgan fingerprint density at radius 1 is 1.65 bits per heavy atom. The number of hydrogen-bond donors (Lipinski definition) is 2. The first-order valence-electron chi connectivity index (χ1n) is 5.82. The minimum absolute atomic E-state index is 0.0123. The Hall–Kier alpha value is -1.23. The molecule has 2 atom stereocenters. The first-order chi connectivity index (χ1) is 8.08. The van der Waals surface area contributed by atoms with Crippen LogP contribution in [0.1, 0.15) is 36.4 Å². The molecule has 0 radical (unpaired) electrons. The quantitative estimate of drug-likeness (QED) is 0.793. The van der Waals surface area contributed by atoms with Gasteiger partial charge in [0.25, 0.3) is 0 Å². The summed E-state index contributed by atoms with van der Waals surface area (Å²) in [5.74, 6) is 1.34. The van der Waals surface area contributed by atoms with Gasteiger partial charge in [-0.1, -0.05) is 13.3 Å². The summed E-state index contributed by atoms with van der Waals surface area (Å²) in [4.78, 5) is 12.0. The Labute approximate surface area is 105 Å². The second-order valence-electron chi connectivity index (χ2n) is 4.42. The van der Waals surface area contributed by atoms with Crippen LogP contribution in [0.15, 0.2) is 0 Å². The lowest BCUT2D eigenvalue weighted by atomic mass is 10.3. The molecule has 1 aliphatic rings. The summed E-state index contributed by atoms with van der Waals surface area (Å²) in [6.45, 7) is 3.71.